The van der Waals surface area contributed by atoms with Crippen LogP contribution in [0.2, 0.25) is 0 Å². The van der Waals surface area contributed by atoms with Crippen molar-refractivity contribution in [3.05, 3.63) is 28.7 Å². The zero-order chi connectivity index (χ0) is 16.2. The SMILES string of the molecule is CCOc1ccc(/C=C2/SC(N3CCCC3)=NC2=O)cc1OC. The van der Waals surface area contributed by atoms with Gasteiger partial charge >= 0.3 is 0 Å². The van der Waals surface area contributed by atoms with Gasteiger partial charge in [-0.15, -0.1) is 0 Å². The highest BCUT2D eigenvalue weighted by atomic mass is 32.2. The summed E-state index contributed by atoms with van der Waals surface area (Å²) in [5.41, 5.74) is 0.902. The van der Waals surface area contributed by atoms with Crippen LogP contribution in [0.3, 0.4) is 0 Å². The summed E-state index contributed by atoms with van der Waals surface area (Å²) in [6.07, 6.45) is 4.20. The van der Waals surface area contributed by atoms with E-state index in [0.717, 1.165) is 23.8 Å². The zero-order valence-corrected chi connectivity index (χ0v) is 14.2. The fraction of sp³-hybridized carbons (Fsp3) is 0.412. The Morgan fingerprint density at radius 2 is 2.09 bits per heavy atom. The number of hydrogen-bond donors (Lipinski definition) is 0. The fourth-order valence-electron chi connectivity index (χ4n) is 2.64. The predicted octanol–water partition coefficient (Wildman–Crippen LogP) is 3.16. The van der Waals surface area contributed by atoms with Gasteiger partial charge in [-0.2, -0.15) is 4.99 Å². The molecule has 1 fully saturated rings. The molecule has 122 valence electrons. The number of carbonyl (C=O) groups is 1. The number of likely N-dealkylation sites (tertiary alicyclic amines) is 1. The molecule has 0 radical (unpaired) electrons. The molecule has 2 aliphatic heterocycles. The van der Waals surface area contributed by atoms with Crippen LogP contribution in [0.4, 0.5) is 0 Å². The van der Waals surface area contributed by atoms with E-state index < -0.39 is 0 Å². The molecule has 5 nitrogen and oxygen atoms in total. The molecule has 0 aliphatic carbocycles. The molecule has 0 saturated carbocycles. The van der Waals surface area contributed by atoms with Gasteiger partial charge in [-0.3, -0.25) is 4.79 Å². The van der Waals surface area contributed by atoms with Gasteiger partial charge in [-0.25, -0.2) is 0 Å². The number of carbonyl (C=O) groups excluding carboxylic acids is 1. The third-order valence-electron chi connectivity index (χ3n) is 3.77. The second-order valence-corrected chi connectivity index (χ2v) is 6.36. The van der Waals surface area contributed by atoms with Crippen molar-refractivity contribution < 1.29 is 14.3 Å². The van der Waals surface area contributed by atoms with Gasteiger partial charge in [-0.1, -0.05) is 6.07 Å². The monoisotopic (exact) mass is 332 g/mol. The Kier molecular flexibility index (Phi) is 4.91. The zero-order valence-electron chi connectivity index (χ0n) is 13.4. The van der Waals surface area contributed by atoms with Gasteiger partial charge in [0.15, 0.2) is 16.7 Å². The van der Waals surface area contributed by atoms with E-state index in [4.69, 9.17) is 9.47 Å². The summed E-state index contributed by atoms with van der Waals surface area (Å²) in [4.78, 5) is 19.1. The van der Waals surface area contributed by atoms with Crippen LogP contribution in [0.5, 0.6) is 11.5 Å². The van der Waals surface area contributed by atoms with Gasteiger partial charge in [-0.05, 0) is 55.3 Å². The molecule has 0 spiro atoms. The number of methoxy groups -OCH3 is 1. The Bertz CT molecular complexity index is 664. The third kappa shape index (κ3) is 3.52. The Morgan fingerprint density at radius 3 is 2.78 bits per heavy atom. The van der Waals surface area contributed by atoms with E-state index in [2.05, 4.69) is 9.89 Å². The van der Waals surface area contributed by atoms with Crippen molar-refractivity contribution in [3.63, 3.8) is 0 Å². The van der Waals surface area contributed by atoms with Crippen LogP contribution in [0.15, 0.2) is 28.1 Å². The third-order valence-corrected chi connectivity index (χ3v) is 4.82. The molecule has 1 aromatic rings. The number of hydrogen-bond acceptors (Lipinski definition) is 5. The maximum Gasteiger partial charge on any atom is 0.286 e. The molecule has 0 unspecified atom stereocenters. The molecule has 23 heavy (non-hydrogen) atoms. The van der Waals surface area contributed by atoms with Crippen molar-refractivity contribution in [1.29, 1.82) is 0 Å². The Morgan fingerprint density at radius 1 is 1.30 bits per heavy atom. The van der Waals surface area contributed by atoms with Crippen LogP contribution in [0.1, 0.15) is 25.3 Å². The van der Waals surface area contributed by atoms with Gasteiger partial charge in [0.2, 0.25) is 0 Å². The molecule has 0 bridgehead atoms. The van der Waals surface area contributed by atoms with Crippen LogP contribution in [-0.2, 0) is 4.79 Å². The lowest BCUT2D eigenvalue weighted by Crippen LogP contribution is -2.23. The highest BCUT2D eigenvalue weighted by Crippen LogP contribution is 2.34. The topological polar surface area (TPSA) is 51.1 Å². The summed E-state index contributed by atoms with van der Waals surface area (Å²) in [5.74, 6) is 1.21. The maximum absolute atomic E-state index is 12.1. The summed E-state index contributed by atoms with van der Waals surface area (Å²) in [7, 11) is 1.61. The molecule has 6 heteroatoms. The fourth-order valence-corrected chi connectivity index (χ4v) is 3.61. The minimum absolute atomic E-state index is 0.162. The van der Waals surface area contributed by atoms with Gasteiger partial charge < -0.3 is 14.4 Å². The molecule has 2 heterocycles. The molecule has 2 aliphatic rings. The summed E-state index contributed by atoms with van der Waals surface area (Å²) in [6.45, 7) is 4.49. The Labute approximate surface area is 140 Å². The normalized spacial score (nSPS) is 19.4. The van der Waals surface area contributed by atoms with Gasteiger partial charge in [0.25, 0.3) is 5.91 Å². The van der Waals surface area contributed by atoms with Crippen molar-refractivity contribution >= 4 is 28.9 Å². The molecule has 0 N–H and O–H groups in total. The molecule has 1 saturated heterocycles. The summed E-state index contributed by atoms with van der Waals surface area (Å²) in [5, 5.41) is 0.830. The molecule has 1 amide bonds. The van der Waals surface area contributed by atoms with E-state index in [-0.39, 0.29) is 5.91 Å². The first-order valence-corrected chi connectivity index (χ1v) is 8.61. The minimum atomic E-state index is -0.162. The van der Waals surface area contributed by atoms with Crippen molar-refractivity contribution in [1.82, 2.24) is 4.90 Å². The van der Waals surface area contributed by atoms with Crippen molar-refractivity contribution in [3.8, 4) is 11.5 Å². The first-order valence-electron chi connectivity index (χ1n) is 7.79. The lowest BCUT2D eigenvalue weighted by atomic mass is 10.2. The Hall–Kier alpha value is -1.95. The lowest BCUT2D eigenvalue weighted by molar-refractivity contribution is -0.113. The predicted molar refractivity (Wildman–Crippen MR) is 93.0 cm³/mol. The van der Waals surface area contributed by atoms with Gasteiger partial charge in [0, 0.05) is 13.1 Å². The number of benzene rings is 1. The number of rotatable bonds is 4. The van der Waals surface area contributed by atoms with Crippen LogP contribution in [-0.4, -0.2) is 42.8 Å². The van der Waals surface area contributed by atoms with E-state index >= 15 is 0 Å². The van der Waals surface area contributed by atoms with E-state index in [1.54, 1.807) is 7.11 Å². The summed E-state index contributed by atoms with van der Waals surface area (Å²) in [6, 6.07) is 5.66. The minimum Gasteiger partial charge on any atom is -0.493 e. The van der Waals surface area contributed by atoms with Crippen LogP contribution in [0, 0.1) is 0 Å². The molecule has 3 rings (SSSR count). The van der Waals surface area contributed by atoms with E-state index in [9.17, 15) is 4.79 Å². The smallest absolute Gasteiger partial charge is 0.286 e. The Balaban J connectivity index is 1.78. The average Bonchev–Trinajstić information content (AvgIpc) is 3.19. The number of thioether (sulfide) groups is 1. The van der Waals surface area contributed by atoms with Gasteiger partial charge in [0.1, 0.15) is 0 Å². The first-order chi connectivity index (χ1) is 11.2. The number of aliphatic imine (C=N–C) groups is 1. The highest BCUT2D eigenvalue weighted by Gasteiger charge is 2.27. The van der Waals surface area contributed by atoms with E-state index in [0.29, 0.717) is 23.0 Å². The molecular formula is C17H20N2O3S. The number of nitrogens with zero attached hydrogens (tertiary/aromatic N) is 2. The second-order valence-electron chi connectivity index (χ2n) is 5.35. The second kappa shape index (κ2) is 7.08. The highest BCUT2D eigenvalue weighted by molar-refractivity contribution is 8.18. The lowest BCUT2D eigenvalue weighted by Gasteiger charge is -2.14. The first kappa shape index (κ1) is 15.9. The summed E-state index contributed by atoms with van der Waals surface area (Å²) < 4.78 is 10.9. The van der Waals surface area contributed by atoms with Crippen molar-refractivity contribution in [2.75, 3.05) is 26.8 Å². The quantitative estimate of drug-likeness (QED) is 0.793. The largest absolute Gasteiger partial charge is 0.493 e. The van der Waals surface area contributed by atoms with Crippen LogP contribution in [0.25, 0.3) is 6.08 Å². The maximum atomic E-state index is 12.1. The molecular weight excluding hydrogens is 312 g/mol. The van der Waals surface area contributed by atoms with Crippen molar-refractivity contribution in [2.24, 2.45) is 4.99 Å². The van der Waals surface area contributed by atoms with E-state index in [1.807, 2.05) is 31.2 Å². The molecule has 1 aromatic carbocycles. The molecule has 0 aromatic heterocycles. The van der Waals surface area contributed by atoms with Gasteiger partial charge in [0.05, 0.1) is 18.6 Å². The number of amides is 1. The number of amidine groups is 1. The standard InChI is InChI=1S/C17H20N2O3S/c1-3-22-13-7-6-12(10-14(13)21-2)11-15-16(20)18-17(23-15)19-8-4-5-9-19/h6-7,10-11H,3-5,8-9H2,1-2H3/b15-11+. The van der Waals surface area contributed by atoms with E-state index in [1.165, 1.54) is 24.6 Å². The van der Waals surface area contributed by atoms with Crippen LogP contribution < -0.4 is 9.47 Å². The van der Waals surface area contributed by atoms with Crippen LogP contribution >= 0.6 is 11.8 Å². The average molecular weight is 332 g/mol. The van der Waals surface area contributed by atoms with Crippen molar-refractivity contribution in [2.45, 2.75) is 19.8 Å². The number of ether oxygens (including phenoxy) is 2. The molecule has 0 atom stereocenters. The summed E-state index contributed by atoms with van der Waals surface area (Å²) >= 11 is 1.45.